The fourth-order valence-corrected chi connectivity index (χ4v) is 3.29. The average Bonchev–Trinajstić information content (AvgIpc) is 2.47. The van der Waals surface area contributed by atoms with Gasteiger partial charge in [0.1, 0.15) is 0 Å². The van der Waals surface area contributed by atoms with E-state index in [4.69, 9.17) is 0 Å². The van der Waals surface area contributed by atoms with Gasteiger partial charge in [-0.1, -0.05) is 56.3 Å². The molecule has 0 saturated carbocycles. The summed E-state index contributed by atoms with van der Waals surface area (Å²) in [6, 6.07) is 15.8. The lowest BCUT2D eigenvalue weighted by atomic mass is 9.94. The van der Waals surface area contributed by atoms with E-state index in [0.717, 1.165) is 13.0 Å². The van der Waals surface area contributed by atoms with E-state index in [-0.39, 0.29) is 0 Å². The summed E-state index contributed by atoms with van der Waals surface area (Å²) in [6.07, 6.45) is 4.66. The molecule has 1 heterocycles. The number of anilines is 1. The highest BCUT2D eigenvalue weighted by molar-refractivity contribution is 5.60. The third kappa shape index (κ3) is 3.47. The standard InChI is InChI=1S/C20H25N/c1-15(2)12-16-6-3-7-17(13-16)14-19-9-4-8-18-10-5-11-21-20(18)19/h3-4,6-9,13,15,21H,5,10-12,14H2,1-2H3. The Morgan fingerprint density at radius 2 is 1.86 bits per heavy atom. The highest BCUT2D eigenvalue weighted by Gasteiger charge is 2.12. The van der Waals surface area contributed by atoms with Gasteiger partial charge >= 0.3 is 0 Å². The van der Waals surface area contributed by atoms with E-state index in [1.807, 2.05) is 0 Å². The smallest absolute Gasteiger partial charge is 0.0408 e. The zero-order valence-electron chi connectivity index (χ0n) is 13.2. The maximum atomic E-state index is 3.60. The van der Waals surface area contributed by atoms with Crippen LogP contribution in [0.5, 0.6) is 0 Å². The number of benzene rings is 2. The van der Waals surface area contributed by atoms with Gasteiger partial charge in [0.15, 0.2) is 0 Å². The largest absolute Gasteiger partial charge is 0.385 e. The Morgan fingerprint density at radius 3 is 2.71 bits per heavy atom. The number of hydrogen-bond donors (Lipinski definition) is 1. The number of nitrogens with one attached hydrogen (secondary N) is 1. The van der Waals surface area contributed by atoms with Gasteiger partial charge < -0.3 is 5.32 Å². The van der Waals surface area contributed by atoms with Crippen molar-refractivity contribution in [3.63, 3.8) is 0 Å². The predicted molar refractivity (Wildman–Crippen MR) is 91.0 cm³/mol. The molecule has 1 heteroatoms. The Balaban J connectivity index is 1.84. The summed E-state index contributed by atoms with van der Waals surface area (Å²) >= 11 is 0. The molecular weight excluding hydrogens is 254 g/mol. The zero-order valence-corrected chi connectivity index (χ0v) is 13.2. The first-order valence-electron chi connectivity index (χ1n) is 8.15. The summed E-state index contributed by atoms with van der Waals surface area (Å²) in [5.74, 6) is 0.714. The third-order valence-corrected chi connectivity index (χ3v) is 4.19. The molecule has 1 aliphatic rings. The van der Waals surface area contributed by atoms with E-state index in [2.05, 4.69) is 61.6 Å². The molecule has 21 heavy (non-hydrogen) atoms. The van der Waals surface area contributed by atoms with Crippen LogP contribution in [0.25, 0.3) is 0 Å². The summed E-state index contributed by atoms with van der Waals surface area (Å²) in [5, 5.41) is 3.60. The van der Waals surface area contributed by atoms with Crippen LogP contribution < -0.4 is 5.32 Å². The molecule has 0 spiro atoms. The molecule has 1 aliphatic heterocycles. The second-order valence-corrected chi connectivity index (χ2v) is 6.58. The van der Waals surface area contributed by atoms with Crippen molar-refractivity contribution < 1.29 is 0 Å². The first kappa shape index (κ1) is 14.2. The highest BCUT2D eigenvalue weighted by atomic mass is 14.9. The monoisotopic (exact) mass is 279 g/mol. The fraction of sp³-hybridized carbons (Fsp3) is 0.400. The van der Waals surface area contributed by atoms with E-state index in [0.29, 0.717) is 5.92 Å². The van der Waals surface area contributed by atoms with E-state index in [1.165, 1.54) is 47.2 Å². The number of rotatable bonds is 4. The van der Waals surface area contributed by atoms with Crippen molar-refractivity contribution in [3.8, 4) is 0 Å². The van der Waals surface area contributed by atoms with Crippen molar-refractivity contribution in [1.82, 2.24) is 0 Å². The minimum Gasteiger partial charge on any atom is -0.385 e. The first-order chi connectivity index (χ1) is 10.2. The van der Waals surface area contributed by atoms with Crippen molar-refractivity contribution >= 4 is 5.69 Å². The van der Waals surface area contributed by atoms with Crippen LogP contribution in [0, 0.1) is 5.92 Å². The molecule has 0 saturated heterocycles. The van der Waals surface area contributed by atoms with Gasteiger partial charge in [-0.25, -0.2) is 0 Å². The predicted octanol–water partition coefficient (Wildman–Crippen LogP) is 4.83. The van der Waals surface area contributed by atoms with E-state index in [1.54, 1.807) is 0 Å². The summed E-state index contributed by atoms with van der Waals surface area (Å²) in [5.41, 5.74) is 7.19. The van der Waals surface area contributed by atoms with Gasteiger partial charge in [-0.2, -0.15) is 0 Å². The van der Waals surface area contributed by atoms with E-state index >= 15 is 0 Å². The lowest BCUT2D eigenvalue weighted by Gasteiger charge is -2.21. The van der Waals surface area contributed by atoms with Crippen LogP contribution >= 0.6 is 0 Å². The minimum absolute atomic E-state index is 0.714. The molecule has 0 unspecified atom stereocenters. The third-order valence-electron chi connectivity index (χ3n) is 4.19. The quantitative estimate of drug-likeness (QED) is 0.845. The molecular formula is C20H25N. The molecule has 2 aromatic carbocycles. The molecule has 0 radical (unpaired) electrons. The number of hydrogen-bond acceptors (Lipinski definition) is 1. The molecule has 0 aliphatic carbocycles. The first-order valence-corrected chi connectivity index (χ1v) is 8.15. The zero-order chi connectivity index (χ0) is 14.7. The van der Waals surface area contributed by atoms with Crippen LogP contribution in [0.4, 0.5) is 5.69 Å². The molecule has 0 amide bonds. The fourth-order valence-electron chi connectivity index (χ4n) is 3.29. The maximum absolute atomic E-state index is 3.60. The lowest BCUT2D eigenvalue weighted by molar-refractivity contribution is 0.647. The van der Waals surface area contributed by atoms with Gasteiger partial charge in [0, 0.05) is 12.2 Å². The molecule has 0 aromatic heterocycles. The SMILES string of the molecule is CC(C)Cc1cccc(Cc2cccc3c2NCCC3)c1. The molecule has 110 valence electrons. The van der Waals surface area contributed by atoms with Gasteiger partial charge in [0.25, 0.3) is 0 Å². The molecule has 1 N–H and O–H groups in total. The maximum Gasteiger partial charge on any atom is 0.0408 e. The number of fused-ring (bicyclic) bond motifs is 1. The summed E-state index contributed by atoms with van der Waals surface area (Å²) in [7, 11) is 0. The molecule has 0 bridgehead atoms. The average molecular weight is 279 g/mol. The number of aryl methyl sites for hydroxylation is 1. The molecule has 3 rings (SSSR count). The van der Waals surface area contributed by atoms with Crippen LogP contribution in [0.15, 0.2) is 42.5 Å². The second-order valence-electron chi connectivity index (χ2n) is 6.58. The van der Waals surface area contributed by atoms with Crippen molar-refractivity contribution in [2.24, 2.45) is 5.92 Å². The Bertz CT molecular complexity index is 613. The molecule has 0 fully saturated rings. The summed E-state index contributed by atoms with van der Waals surface area (Å²) in [6.45, 7) is 5.67. The Kier molecular flexibility index (Phi) is 4.28. The minimum atomic E-state index is 0.714. The van der Waals surface area contributed by atoms with Crippen molar-refractivity contribution in [2.45, 2.75) is 39.5 Å². The van der Waals surface area contributed by atoms with Gasteiger partial charge in [0.05, 0.1) is 0 Å². The number of para-hydroxylation sites is 1. The van der Waals surface area contributed by atoms with Crippen molar-refractivity contribution in [3.05, 3.63) is 64.7 Å². The van der Waals surface area contributed by atoms with E-state index < -0.39 is 0 Å². The molecule has 1 nitrogen and oxygen atoms in total. The van der Waals surface area contributed by atoms with Crippen LogP contribution in [0.1, 0.15) is 42.5 Å². The Hall–Kier alpha value is -1.76. The van der Waals surface area contributed by atoms with Gasteiger partial charge in [0.2, 0.25) is 0 Å². The van der Waals surface area contributed by atoms with Crippen LogP contribution in [-0.4, -0.2) is 6.54 Å². The summed E-state index contributed by atoms with van der Waals surface area (Å²) in [4.78, 5) is 0. The van der Waals surface area contributed by atoms with Crippen LogP contribution in [-0.2, 0) is 19.3 Å². The van der Waals surface area contributed by atoms with Crippen molar-refractivity contribution in [1.29, 1.82) is 0 Å². The molecule has 0 atom stereocenters. The van der Waals surface area contributed by atoms with Crippen molar-refractivity contribution in [2.75, 3.05) is 11.9 Å². The van der Waals surface area contributed by atoms with Crippen LogP contribution in [0.2, 0.25) is 0 Å². The lowest BCUT2D eigenvalue weighted by Crippen LogP contribution is -2.13. The second kappa shape index (κ2) is 6.34. The van der Waals surface area contributed by atoms with Gasteiger partial charge in [-0.3, -0.25) is 0 Å². The Morgan fingerprint density at radius 1 is 1.05 bits per heavy atom. The normalized spacial score (nSPS) is 13.9. The van der Waals surface area contributed by atoms with Gasteiger partial charge in [-0.05, 0) is 53.9 Å². The van der Waals surface area contributed by atoms with Crippen LogP contribution in [0.3, 0.4) is 0 Å². The summed E-state index contributed by atoms with van der Waals surface area (Å²) < 4.78 is 0. The molecule has 2 aromatic rings. The topological polar surface area (TPSA) is 12.0 Å². The van der Waals surface area contributed by atoms with E-state index in [9.17, 15) is 0 Å². The van der Waals surface area contributed by atoms with Gasteiger partial charge in [-0.15, -0.1) is 0 Å². The Labute approximate surface area is 128 Å². The highest BCUT2D eigenvalue weighted by Crippen LogP contribution is 2.28.